The molecule has 0 saturated carbocycles. The molecule has 1 saturated heterocycles. The van der Waals surface area contributed by atoms with Gasteiger partial charge in [0.05, 0.1) is 32.3 Å². The number of hydrogen-bond donors (Lipinski definition) is 2. The number of amides is 1. The first-order valence-corrected chi connectivity index (χ1v) is 16.1. The number of likely N-dealkylation sites (N-methyl/N-ethyl adjacent to an activating group) is 1. The van der Waals surface area contributed by atoms with E-state index in [1.165, 1.54) is 0 Å². The van der Waals surface area contributed by atoms with E-state index in [0.717, 1.165) is 66.4 Å². The van der Waals surface area contributed by atoms with Crippen molar-refractivity contribution in [3.8, 4) is 11.3 Å². The van der Waals surface area contributed by atoms with Gasteiger partial charge < -0.3 is 15.4 Å². The van der Waals surface area contributed by atoms with E-state index in [0.29, 0.717) is 34.8 Å². The standard InChI is InChI=1S/C38H39N7O3.CH4/c1-28-10-15-33(24-35(28)43-38-40-18-16-34(42-38)32-9-6-17-39-25-32)41-37(47)31-13-11-30(12-14-31)26-44-19-21-45(2,22-20-44)27-48-36(46)23-29-7-4-3-5-8-29;/h3-18,24-25H,19-23,26-27H2,1-2H3,(H-,40,41,42,43,47);1H4/p+1. The van der Waals surface area contributed by atoms with E-state index in [4.69, 9.17) is 4.74 Å². The Balaban J connectivity index is 0.00000468. The number of carbonyl (C=O) groups excluding carboxylic acids is 2. The molecule has 1 aliphatic heterocycles. The third-order valence-electron chi connectivity index (χ3n) is 8.62. The number of nitrogens with zero attached hydrogens (tertiary/aromatic N) is 5. The number of esters is 1. The Labute approximate surface area is 288 Å². The van der Waals surface area contributed by atoms with Crippen molar-refractivity contribution in [1.29, 1.82) is 0 Å². The van der Waals surface area contributed by atoms with Crippen LogP contribution < -0.4 is 10.6 Å². The number of aryl methyl sites for hydroxylation is 1. The summed E-state index contributed by atoms with van der Waals surface area (Å²) in [5.41, 5.74) is 6.82. The minimum Gasteiger partial charge on any atom is -0.415 e. The van der Waals surface area contributed by atoms with Crippen LogP contribution in [0.5, 0.6) is 0 Å². The third-order valence-corrected chi connectivity index (χ3v) is 8.62. The van der Waals surface area contributed by atoms with Gasteiger partial charge in [-0.2, -0.15) is 0 Å². The fourth-order valence-electron chi connectivity index (χ4n) is 5.59. The Morgan fingerprint density at radius 3 is 2.41 bits per heavy atom. The van der Waals surface area contributed by atoms with Crippen LogP contribution in [0.15, 0.2) is 110 Å². The summed E-state index contributed by atoms with van der Waals surface area (Å²) in [5, 5.41) is 6.30. The van der Waals surface area contributed by atoms with E-state index in [-0.39, 0.29) is 19.3 Å². The van der Waals surface area contributed by atoms with E-state index < -0.39 is 0 Å². The lowest BCUT2D eigenvalue weighted by atomic mass is 10.1. The fraction of sp³-hybridized carbons (Fsp3) is 0.256. The van der Waals surface area contributed by atoms with Crippen molar-refractivity contribution in [2.45, 2.75) is 27.3 Å². The molecule has 6 rings (SSSR count). The SMILES string of the molecule is C.Cc1ccc(NC(=O)c2ccc(CN3CC[N+](C)(COC(=O)Cc4ccccc4)CC3)cc2)cc1Nc1nccc(-c2cccnc2)n1. The first-order valence-electron chi connectivity index (χ1n) is 16.1. The molecular formula is C39H44N7O3+. The molecule has 0 spiro atoms. The number of anilines is 3. The first-order chi connectivity index (χ1) is 23.3. The monoisotopic (exact) mass is 658 g/mol. The third kappa shape index (κ3) is 9.56. The highest BCUT2D eigenvalue weighted by atomic mass is 16.5. The molecule has 5 aromatic rings. The molecule has 2 aromatic heterocycles. The molecule has 252 valence electrons. The molecule has 1 fully saturated rings. The second-order valence-corrected chi connectivity index (χ2v) is 12.5. The number of carbonyl (C=O) groups is 2. The zero-order valence-electron chi connectivity index (χ0n) is 27.3. The average Bonchev–Trinajstić information content (AvgIpc) is 3.11. The zero-order valence-corrected chi connectivity index (χ0v) is 27.3. The number of quaternary nitrogens is 1. The van der Waals surface area contributed by atoms with Gasteiger partial charge >= 0.3 is 5.97 Å². The smallest absolute Gasteiger partial charge is 0.314 e. The van der Waals surface area contributed by atoms with Gasteiger partial charge in [0, 0.05) is 60.7 Å². The molecule has 3 heterocycles. The summed E-state index contributed by atoms with van der Waals surface area (Å²) in [7, 11) is 2.14. The minimum atomic E-state index is -0.191. The fourth-order valence-corrected chi connectivity index (χ4v) is 5.59. The number of pyridine rings is 1. The maximum atomic E-state index is 13.1. The molecule has 1 amide bonds. The van der Waals surface area contributed by atoms with Crippen molar-refractivity contribution in [3.05, 3.63) is 132 Å². The predicted molar refractivity (Wildman–Crippen MR) is 193 cm³/mol. The van der Waals surface area contributed by atoms with Crippen molar-refractivity contribution < 1.29 is 18.8 Å². The van der Waals surface area contributed by atoms with Crippen LogP contribution in [0.25, 0.3) is 11.3 Å². The molecule has 0 atom stereocenters. The summed E-state index contributed by atoms with van der Waals surface area (Å²) in [4.78, 5) is 41.1. The maximum absolute atomic E-state index is 13.1. The van der Waals surface area contributed by atoms with Crippen LogP contribution in [0.1, 0.15) is 34.5 Å². The number of hydrogen-bond acceptors (Lipinski definition) is 8. The van der Waals surface area contributed by atoms with Gasteiger partial charge in [-0.1, -0.05) is 56.0 Å². The highest BCUT2D eigenvalue weighted by molar-refractivity contribution is 6.04. The molecule has 3 aromatic carbocycles. The van der Waals surface area contributed by atoms with Crippen LogP contribution >= 0.6 is 0 Å². The second-order valence-electron chi connectivity index (χ2n) is 12.5. The Kier molecular flexibility index (Phi) is 11.5. The maximum Gasteiger partial charge on any atom is 0.314 e. The Hall–Kier alpha value is -5.45. The number of aromatic nitrogens is 3. The van der Waals surface area contributed by atoms with Gasteiger partial charge in [0.1, 0.15) is 0 Å². The molecule has 2 N–H and O–H groups in total. The lowest BCUT2D eigenvalue weighted by Crippen LogP contribution is -2.58. The van der Waals surface area contributed by atoms with Gasteiger partial charge in [0.2, 0.25) is 12.7 Å². The summed E-state index contributed by atoms with van der Waals surface area (Å²) in [6.07, 6.45) is 5.49. The Morgan fingerprint density at radius 2 is 1.67 bits per heavy atom. The Bertz CT molecular complexity index is 1840. The largest absolute Gasteiger partial charge is 0.415 e. The van der Waals surface area contributed by atoms with E-state index in [1.54, 1.807) is 18.6 Å². The van der Waals surface area contributed by atoms with E-state index in [2.05, 4.69) is 37.5 Å². The van der Waals surface area contributed by atoms with Gasteiger partial charge in [-0.3, -0.25) is 24.0 Å². The van der Waals surface area contributed by atoms with Crippen molar-refractivity contribution in [2.24, 2.45) is 0 Å². The molecular weight excluding hydrogens is 614 g/mol. The molecule has 0 aliphatic carbocycles. The van der Waals surface area contributed by atoms with E-state index in [9.17, 15) is 9.59 Å². The molecule has 0 bridgehead atoms. The normalized spacial score (nSPS) is 13.9. The van der Waals surface area contributed by atoms with Gasteiger partial charge in [-0.15, -0.1) is 0 Å². The molecule has 1 aliphatic rings. The molecule has 10 heteroatoms. The van der Waals surface area contributed by atoms with Gasteiger partial charge in [-0.25, -0.2) is 9.97 Å². The molecule has 49 heavy (non-hydrogen) atoms. The lowest BCUT2D eigenvalue weighted by Gasteiger charge is -2.41. The first kappa shape index (κ1) is 34.9. The zero-order chi connectivity index (χ0) is 33.3. The quantitative estimate of drug-likeness (QED) is 0.123. The summed E-state index contributed by atoms with van der Waals surface area (Å²) >= 11 is 0. The van der Waals surface area contributed by atoms with Crippen molar-refractivity contribution in [3.63, 3.8) is 0 Å². The van der Waals surface area contributed by atoms with Crippen LogP contribution in [0.4, 0.5) is 17.3 Å². The van der Waals surface area contributed by atoms with Gasteiger partial charge in [-0.05, 0) is 66.1 Å². The average molecular weight is 659 g/mol. The second kappa shape index (κ2) is 16.1. The summed E-state index contributed by atoms with van der Waals surface area (Å²) in [6.45, 7) is 6.77. The van der Waals surface area contributed by atoms with Crippen LogP contribution in [-0.4, -0.2) is 76.2 Å². The van der Waals surface area contributed by atoms with Crippen LogP contribution in [-0.2, 0) is 22.5 Å². The van der Waals surface area contributed by atoms with Crippen molar-refractivity contribution in [1.82, 2.24) is 19.9 Å². The number of rotatable bonds is 11. The summed E-state index contributed by atoms with van der Waals surface area (Å²) in [6, 6.07) is 28.8. The molecule has 0 radical (unpaired) electrons. The Morgan fingerprint density at radius 1 is 0.898 bits per heavy atom. The predicted octanol–water partition coefficient (Wildman–Crippen LogP) is 6.48. The number of benzene rings is 3. The summed E-state index contributed by atoms with van der Waals surface area (Å²) < 4.78 is 6.35. The number of nitrogens with one attached hydrogen (secondary N) is 2. The van der Waals surface area contributed by atoms with Crippen LogP contribution in [0.2, 0.25) is 0 Å². The summed E-state index contributed by atoms with van der Waals surface area (Å²) in [5.74, 6) is 0.0845. The van der Waals surface area contributed by atoms with Crippen molar-refractivity contribution in [2.75, 3.05) is 50.6 Å². The van der Waals surface area contributed by atoms with Crippen molar-refractivity contribution >= 4 is 29.2 Å². The minimum absolute atomic E-state index is 0. The number of ether oxygens (including phenoxy) is 1. The molecule has 10 nitrogen and oxygen atoms in total. The van der Waals surface area contributed by atoms with Crippen LogP contribution in [0, 0.1) is 6.92 Å². The number of piperazine rings is 1. The van der Waals surface area contributed by atoms with Gasteiger partial charge in [0.25, 0.3) is 5.91 Å². The highest BCUT2D eigenvalue weighted by Crippen LogP contribution is 2.25. The topological polar surface area (TPSA) is 109 Å². The van der Waals surface area contributed by atoms with Crippen LogP contribution in [0.3, 0.4) is 0 Å². The highest BCUT2D eigenvalue weighted by Gasteiger charge is 2.30. The lowest BCUT2D eigenvalue weighted by molar-refractivity contribution is -0.929. The van der Waals surface area contributed by atoms with Gasteiger partial charge in [0.15, 0.2) is 0 Å². The van der Waals surface area contributed by atoms with E-state index in [1.807, 2.05) is 97.9 Å². The molecule has 0 unspecified atom stereocenters. The van der Waals surface area contributed by atoms with E-state index >= 15 is 0 Å².